The first-order valence-corrected chi connectivity index (χ1v) is 11.1. The van der Waals surface area contributed by atoms with Crippen LogP contribution in [0, 0.1) is 0 Å². The number of aryl methyl sites for hydroxylation is 1. The summed E-state index contributed by atoms with van der Waals surface area (Å²) in [5.41, 5.74) is 11.1. The Balaban J connectivity index is 1.67. The van der Waals surface area contributed by atoms with Crippen LogP contribution in [-0.4, -0.2) is 34.2 Å². The van der Waals surface area contributed by atoms with Gasteiger partial charge in [-0.05, 0) is 54.4 Å². The maximum absolute atomic E-state index is 13.2. The normalized spacial score (nSPS) is 11.2. The molecular weight excluding hydrogens is 428 g/mol. The molecule has 0 saturated heterocycles. The molecule has 0 saturated carbocycles. The minimum Gasteiger partial charge on any atom is -0.465 e. The zero-order valence-corrected chi connectivity index (χ0v) is 18.7. The van der Waals surface area contributed by atoms with Crippen LogP contribution in [0.15, 0.2) is 77.7 Å². The van der Waals surface area contributed by atoms with E-state index in [0.717, 1.165) is 28.5 Å². The average Bonchev–Trinajstić information content (AvgIpc) is 3.24. The fourth-order valence-corrected chi connectivity index (χ4v) is 4.26. The number of rotatable bonds is 6. The van der Waals surface area contributed by atoms with Crippen molar-refractivity contribution in [2.75, 3.05) is 13.7 Å². The van der Waals surface area contributed by atoms with E-state index in [1.807, 2.05) is 65.4 Å². The van der Waals surface area contributed by atoms with E-state index in [0.29, 0.717) is 40.9 Å². The Kier molecular flexibility index (Phi) is 5.69. The highest BCUT2D eigenvalue weighted by molar-refractivity contribution is 6.01. The Hall–Kier alpha value is -4.23. The second-order valence-corrected chi connectivity index (χ2v) is 8.11. The van der Waals surface area contributed by atoms with E-state index in [1.165, 1.54) is 7.11 Å². The molecule has 5 aromatic rings. The molecule has 0 unspecified atom stereocenters. The van der Waals surface area contributed by atoms with Gasteiger partial charge in [-0.25, -0.2) is 9.78 Å². The molecule has 0 amide bonds. The van der Waals surface area contributed by atoms with Crippen molar-refractivity contribution < 1.29 is 9.53 Å². The number of aromatic nitrogens is 3. The number of nitrogens with two attached hydrogens (primary N) is 1. The summed E-state index contributed by atoms with van der Waals surface area (Å²) in [4.78, 5) is 33.0. The van der Waals surface area contributed by atoms with Gasteiger partial charge in [0.05, 0.1) is 23.7 Å². The monoisotopic (exact) mass is 452 g/mol. The topological polar surface area (TPSA) is 103 Å². The fourth-order valence-electron chi connectivity index (χ4n) is 4.26. The van der Waals surface area contributed by atoms with Gasteiger partial charge in [0, 0.05) is 29.2 Å². The summed E-state index contributed by atoms with van der Waals surface area (Å²) in [6.07, 6.45) is 2.69. The number of hydrogen-bond donors (Lipinski definition) is 2. The maximum Gasteiger partial charge on any atom is 0.337 e. The van der Waals surface area contributed by atoms with Gasteiger partial charge in [-0.2, -0.15) is 0 Å². The fraction of sp³-hybridized carbons (Fsp3) is 0.148. The van der Waals surface area contributed by atoms with Gasteiger partial charge in [0.2, 0.25) is 0 Å². The van der Waals surface area contributed by atoms with E-state index in [2.05, 4.69) is 4.98 Å². The second kappa shape index (κ2) is 8.96. The minimum absolute atomic E-state index is 0.293. The van der Waals surface area contributed by atoms with Crippen LogP contribution in [0.1, 0.15) is 16.8 Å². The lowest BCUT2D eigenvalue weighted by Crippen LogP contribution is -2.11. The van der Waals surface area contributed by atoms with Crippen LogP contribution in [0.25, 0.3) is 44.3 Å². The predicted molar refractivity (Wildman–Crippen MR) is 134 cm³/mol. The van der Waals surface area contributed by atoms with Gasteiger partial charge in [0.1, 0.15) is 5.69 Å². The largest absolute Gasteiger partial charge is 0.465 e. The number of esters is 1. The summed E-state index contributed by atoms with van der Waals surface area (Å²) < 4.78 is 6.93. The second-order valence-electron chi connectivity index (χ2n) is 8.11. The number of aromatic amines is 1. The van der Waals surface area contributed by atoms with Gasteiger partial charge < -0.3 is 20.0 Å². The molecule has 34 heavy (non-hydrogen) atoms. The number of carbonyl (C=O) groups excluding carboxylic acids is 1. The zero-order chi connectivity index (χ0) is 23.7. The highest BCUT2D eigenvalue weighted by Crippen LogP contribution is 2.30. The molecule has 0 spiro atoms. The van der Waals surface area contributed by atoms with Gasteiger partial charge in [-0.15, -0.1) is 0 Å². The number of nitrogens with zero attached hydrogens (tertiary/aromatic N) is 2. The van der Waals surface area contributed by atoms with E-state index >= 15 is 0 Å². The molecule has 0 aliphatic rings. The van der Waals surface area contributed by atoms with E-state index in [1.54, 1.807) is 12.1 Å². The third-order valence-electron chi connectivity index (χ3n) is 5.96. The van der Waals surface area contributed by atoms with Crippen molar-refractivity contribution in [1.82, 2.24) is 14.5 Å². The van der Waals surface area contributed by atoms with Gasteiger partial charge in [-0.3, -0.25) is 4.79 Å². The third-order valence-corrected chi connectivity index (χ3v) is 5.96. The molecule has 0 fully saturated rings. The van der Waals surface area contributed by atoms with Crippen LogP contribution in [0.2, 0.25) is 0 Å². The molecule has 7 heteroatoms. The van der Waals surface area contributed by atoms with E-state index in [4.69, 9.17) is 15.5 Å². The standard InChI is InChI=1S/C27H24N4O3/c1-34-27(33)19-9-11-24-20(14-19)21(16-31(24)13-5-12-28)25-26(32)30-23-15-18(8-10-22(23)29-25)17-6-3-2-4-7-17/h2-4,6-11,14-16H,5,12-13,28H2,1H3,(H,30,32). The highest BCUT2D eigenvalue weighted by atomic mass is 16.5. The van der Waals surface area contributed by atoms with Crippen molar-refractivity contribution in [3.8, 4) is 22.4 Å². The van der Waals surface area contributed by atoms with Crippen LogP contribution >= 0.6 is 0 Å². The summed E-state index contributed by atoms with van der Waals surface area (Å²) in [7, 11) is 1.35. The van der Waals surface area contributed by atoms with Gasteiger partial charge >= 0.3 is 5.97 Å². The van der Waals surface area contributed by atoms with Crippen molar-refractivity contribution in [1.29, 1.82) is 0 Å². The molecule has 2 heterocycles. The van der Waals surface area contributed by atoms with Crippen LogP contribution in [-0.2, 0) is 11.3 Å². The van der Waals surface area contributed by atoms with Crippen LogP contribution in [0.4, 0.5) is 0 Å². The minimum atomic E-state index is -0.434. The molecule has 3 aromatic carbocycles. The molecule has 0 bridgehead atoms. The Morgan fingerprint density at radius 3 is 2.65 bits per heavy atom. The lowest BCUT2D eigenvalue weighted by molar-refractivity contribution is 0.0601. The van der Waals surface area contributed by atoms with Crippen LogP contribution in [0.3, 0.4) is 0 Å². The molecule has 0 aliphatic carbocycles. The third kappa shape index (κ3) is 3.86. The van der Waals surface area contributed by atoms with Crippen molar-refractivity contribution in [3.05, 3.63) is 88.8 Å². The molecule has 3 N–H and O–H groups in total. The summed E-state index contributed by atoms with van der Waals surface area (Å²) in [5.74, 6) is -0.434. The molecule has 0 radical (unpaired) electrons. The van der Waals surface area contributed by atoms with Gasteiger partial charge in [-0.1, -0.05) is 36.4 Å². The quantitative estimate of drug-likeness (QED) is 0.373. The van der Waals surface area contributed by atoms with Crippen molar-refractivity contribution in [2.45, 2.75) is 13.0 Å². The SMILES string of the molecule is COC(=O)c1ccc2c(c1)c(-c1nc3ccc(-c4ccccc4)cc3[nH]c1=O)cn2CCCN. The van der Waals surface area contributed by atoms with E-state index in [9.17, 15) is 9.59 Å². The van der Waals surface area contributed by atoms with Crippen molar-refractivity contribution >= 4 is 27.9 Å². The Bertz CT molecular complexity index is 1570. The zero-order valence-electron chi connectivity index (χ0n) is 18.7. The average molecular weight is 453 g/mol. The summed E-state index contributed by atoms with van der Waals surface area (Å²) >= 11 is 0. The number of nitrogens with one attached hydrogen (secondary N) is 1. The molecular formula is C27H24N4O3. The molecule has 0 aliphatic heterocycles. The highest BCUT2D eigenvalue weighted by Gasteiger charge is 2.18. The van der Waals surface area contributed by atoms with E-state index < -0.39 is 5.97 Å². The Morgan fingerprint density at radius 1 is 1.06 bits per heavy atom. The number of hydrogen-bond acceptors (Lipinski definition) is 5. The van der Waals surface area contributed by atoms with Crippen molar-refractivity contribution in [2.24, 2.45) is 5.73 Å². The molecule has 0 atom stereocenters. The summed E-state index contributed by atoms with van der Waals surface area (Å²) in [6, 6.07) is 21.1. The number of carbonyl (C=O) groups is 1. The lowest BCUT2D eigenvalue weighted by atomic mass is 10.0. The summed E-state index contributed by atoms with van der Waals surface area (Å²) in [5, 5.41) is 0.762. The number of benzene rings is 3. The first-order valence-electron chi connectivity index (χ1n) is 11.1. The van der Waals surface area contributed by atoms with Gasteiger partial charge in [0.15, 0.2) is 0 Å². The van der Waals surface area contributed by atoms with Crippen LogP contribution < -0.4 is 11.3 Å². The first-order chi connectivity index (χ1) is 16.6. The number of H-pyrrole nitrogens is 1. The number of methoxy groups -OCH3 is 1. The van der Waals surface area contributed by atoms with Crippen molar-refractivity contribution in [3.63, 3.8) is 0 Å². The lowest BCUT2D eigenvalue weighted by Gasteiger charge is -2.06. The molecule has 5 rings (SSSR count). The van der Waals surface area contributed by atoms with Gasteiger partial charge in [0.25, 0.3) is 5.56 Å². The maximum atomic E-state index is 13.2. The predicted octanol–water partition coefficient (Wildman–Crippen LogP) is 4.35. The number of ether oxygens (including phenoxy) is 1. The molecule has 7 nitrogen and oxygen atoms in total. The van der Waals surface area contributed by atoms with Crippen LogP contribution in [0.5, 0.6) is 0 Å². The Morgan fingerprint density at radius 2 is 1.88 bits per heavy atom. The number of fused-ring (bicyclic) bond motifs is 2. The Labute approximate surface area is 195 Å². The molecule has 170 valence electrons. The van der Waals surface area contributed by atoms with E-state index in [-0.39, 0.29) is 5.56 Å². The first kappa shape index (κ1) is 21.6. The summed E-state index contributed by atoms with van der Waals surface area (Å²) in [6.45, 7) is 1.24. The molecule has 2 aromatic heterocycles. The smallest absolute Gasteiger partial charge is 0.337 e.